The molecular weight excluding hydrogens is 351 g/mol. The van der Waals surface area contributed by atoms with Crippen LogP contribution in [0.15, 0.2) is 42.5 Å². The number of rotatable bonds is 4. The summed E-state index contributed by atoms with van der Waals surface area (Å²) in [5.41, 5.74) is 0.868. The maximum atomic E-state index is 13.4. The van der Waals surface area contributed by atoms with E-state index in [4.69, 9.17) is 9.47 Å². The molecule has 0 saturated carbocycles. The summed E-state index contributed by atoms with van der Waals surface area (Å²) in [6, 6.07) is 10.0. The summed E-state index contributed by atoms with van der Waals surface area (Å²) in [5.74, 6) is 0.0765. The Balaban J connectivity index is 1.83. The van der Waals surface area contributed by atoms with Crippen molar-refractivity contribution in [2.24, 2.45) is 0 Å². The summed E-state index contributed by atoms with van der Waals surface area (Å²) in [7, 11) is 3.08. The van der Waals surface area contributed by atoms with Crippen LogP contribution in [0.5, 0.6) is 11.5 Å². The number of anilines is 1. The van der Waals surface area contributed by atoms with Crippen LogP contribution in [-0.4, -0.2) is 50.1 Å². The minimum Gasteiger partial charge on any atom is -0.497 e. The summed E-state index contributed by atoms with van der Waals surface area (Å²) in [5, 5.41) is 0. The van der Waals surface area contributed by atoms with Crippen LogP contribution in [0.4, 0.5) is 10.1 Å². The number of benzene rings is 2. The molecule has 1 aliphatic rings. The highest BCUT2D eigenvalue weighted by Gasteiger charge is 2.35. The molecule has 2 aromatic carbocycles. The van der Waals surface area contributed by atoms with E-state index in [1.165, 1.54) is 23.1 Å². The smallest absolute Gasteiger partial charge is 0.254 e. The Labute approximate surface area is 157 Å². The maximum Gasteiger partial charge on any atom is 0.254 e. The van der Waals surface area contributed by atoms with E-state index in [1.54, 1.807) is 50.3 Å². The van der Waals surface area contributed by atoms with Crippen molar-refractivity contribution >= 4 is 17.5 Å². The first-order valence-electron chi connectivity index (χ1n) is 8.55. The molecule has 1 heterocycles. The predicted molar refractivity (Wildman–Crippen MR) is 98.8 cm³/mol. The number of methoxy groups -OCH3 is 2. The van der Waals surface area contributed by atoms with E-state index in [0.29, 0.717) is 30.3 Å². The van der Waals surface area contributed by atoms with E-state index >= 15 is 0 Å². The highest BCUT2D eigenvalue weighted by molar-refractivity contribution is 6.03. The monoisotopic (exact) mass is 372 g/mol. The first-order valence-corrected chi connectivity index (χ1v) is 8.55. The van der Waals surface area contributed by atoms with E-state index < -0.39 is 11.9 Å². The largest absolute Gasteiger partial charge is 0.497 e. The molecule has 1 fully saturated rings. The topological polar surface area (TPSA) is 59.1 Å². The molecule has 0 aliphatic carbocycles. The Morgan fingerprint density at radius 1 is 1.07 bits per heavy atom. The highest BCUT2D eigenvalue weighted by Crippen LogP contribution is 2.30. The van der Waals surface area contributed by atoms with Gasteiger partial charge in [-0.2, -0.15) is 0 Å². The third-order valence-electron chi connectivity index (χ3n) is 4.64. The lowest BCUT2D eigenvalue weighted by atomic mass is 10.1. The zero-order valence-electron chi connectivity index (χ0n) is 15.4. The Kier molecular flexibility index (Phi) is 5.30. The second kappa shape index (κ2) is 7.65. The van der Waals surface area contributed by atoms with E-state index in [-0.39, 0.29) is 17.4 Å². The average Bonchev–Trinajstić information content (AvgIpc) is 2.69. The van der Waals surface area contributed by atoms with Gasteiger partial charge in [-0.15, -0.1) is 0 Å². The minimum absolute atomic E-state index is 0.221. The van der Waals surface area contributed by atoms with Gasteiger partial charge in [0.1, 0.15) is 23.4 Å². The van der Waals surface area contributed by atoms with Crippen molar-refractivity contribution in [2.75, 3.05) is 32.2 Å². The maximum absolute atomic E-state index is 13.4. The molecule has 27 heavy (non-hydrogen) atoms. The molecule has 2 amide bonds. The van der Waals surface area contributed by atoms with E-state index in [1.807, 2.05) is 0 Å². The minimum atomic E-state index is -0.674. The van der Waals surface area contributed by atoms with Gasteiger partial charge in [-0.05, 0) is 25.1 Å². The van der Waals surface area contributed by atoms with Gasteiger partial charge >= 0.3 is 0 Å². The number of halogens is 1. The molecule has 0 spiro atoms. The predicted octanol–water partition coefficient (Wildman–Crippen LogP) is 2.72. The number of hydrogen-bond acceptors (Lipinski definition) is 4. The van der Waals surface area contributed by atoms with Gasteiger partial charge in [0.2, 0.25) is 5.91 Å². The number of carbonyl (C=O) groups excluding carboxylic acids is 2. The molecule has 1 saturated heterocycles. The van der Waals surface area contributed by atoms with Crippen LogP contribution in [0, 0.1) is 5.82 Å². The molecule has 0 radical (unpaired) electrons. The summed E-state index contributed by atoms with van der Waals surface area (Å²) in [6.45, 7) is 2.32. The lowest BCUT2D eigenvalue weighted by Gasteiger charge is -2.39. The van der Waals surface area contributed by atoms with Crippen molar-refractivity contribution in [1.29, 1.82) is 0 Å². The quantitative estimate of drug-likeness (QED) is 0.828. The highest BCUT2D eigenvalue weighted by atomic mass is 19.1. The van der Waals surface area contributed by atoms with E-state index in [0.717, 1.165) is 0 Å². The normalized spacial score (nSPS) is 17.0. The summed E-state index contributed by atoms with van der Waals surface area (Å²) < 4.78 is 23.9. The molecule has 0 N–H and O–H groups in total. The van der Waals surface area contributed by atoms with Gasteiger partial charge in [0.05, 0.1) is 19.9 Å². The number of hydrogen-bond donors (Lipinski definition) is 0. The van der Waals surface area contributed by atoms with Gasteiger partial charge in [-0.1, -0.05) is 6.07 Å². The Morgan fingerprint density at radius 2 is 1.74 bits per heavy atom. The number of ether oxygens (including phenoxy) is 2. The fourth-order valence-electron chi connectivity index (χ4n) is 3.14. The van der Waals surface area contributed by atoms with E-state index in [2.05, 4.69) is 0 Å². The zero-order chi connectivity index (χ0) is 19.6. The van der Waals surface area contributed by atoms with Gasteiger partial charge < -0.3 is 19.3 Å². The average molecular weight is 372 g/mol. The molecule has 1 atom stereocenters. The van der Waals surface area contributed by atoms with Crippen molar-refractivity contribution < 1.29 is 23.5 Å². The fourth-order valence-corrected chi connectivity index (χ4v) is 3.14. The van der Waals surface area contributed by atoms with Gasteiger partial charge in [0.25, 0.3) is 5.91 Å². The fraction of sp³-hybridized carbons (Fsp3) is 0.300. The van der Waals surface area contributed by atoms with Crippen LogP contribution in [0.1, 0.15) is 17.3 Å². The lowest BCUT2D eigenvalue weighted by molar-refractivity contribution is -0.124. The van der Waals surface area contributed by atoms with Crippen LogP contribution in [-0.2, 0) is 4.79 Å². The van der Waals surface area contributed by atoms with Crippen molar-refractivity contribution in [3.05, 3.63) is 53.8 Å². The van der Waals surface area contributed by atoms with Crippen LogP contribution in [0.2, 0.25) is 0 Å². The number of amides is 2. The SMILES string of the molecule is COc1cc(OC)cc(N2CCN(C(=O)c3cccc(F)c3)[C@H](C)C2=O)c1. The molecule has 7 heteroatoms. The lowest BCUT2D eigenvalue weighted by Crippen LogP contribution is -2.57. The van der Waals surface area contributed by atoms with Gasteiger partial charge in [-0.25, -0.2) is 4.39 Å². The van der Waals surface area contributed by atoms with Crippen LogP contribution >= 0.6 is 0 Å². The molecule has 0 unspecified atom stereocenters. The number of carbonyl (C=O) groups is 2. The summed E-state index contributed by atoms with van der Waals surface area (Å²) >= 11 is 0. The molecule has 6 nitrogen and oxygen atoms in total. The Morgan fingerprint density at radius 3 is 2.33 bits per heavy atom. The third kappa shape index (κ3) is 3.72. The molecule has 2 aromatic rings. The van der Waals surface area contributed by atoms with Crippen molar-refractivity contribution in [2.45, 2.75) is 13.0 Å². The summed E-state index contributed by atoms with van der Waals surface area (Å²) in [4.78, 5) is 28.7. The van der Waals surface area contributed by atoms with Crippen molar-refractivity contribution in [3.63, 3.8) is 0 Å². The second-order valence-corrected chi connectivity index (χ2v) is 6.25. The van der Waals surface area contributed by atoms with Gasteiger partial charge in [0, 0.05) is 36.9 Å². The molecule has 0 aromatic heterocycles. The summed E-state index contributed by atoms with van der Waals surface area (Å²) in [6.07, 6.45) is 0. The Hall–Kier alpha value is -3.09. The number of piperazine rings is 1. The van der Waals surface area contributed by atoms with E-state index in [9.17, 15) is 14.0 Å². The van der Waals surface area contributed by atoms with Crippen LogP contribution < -0.4 is 14.4 Å². The van der Waals surface area contributed by atoms with Gasteiger partial charge in [0.15, 0.2) is 0 Å². The molecule has 3 rings (SSSR count). The standard InChI is InChI=1S/C20H21FN2O4/c1-13-19(24)23(16-10-17(26-2)12-18(11-16)27-3)8-7-22(13)20(25)14-5-4-6-15(21)9-14/h4-6,9-13H,7-8H2,1-3H3/t13-/m1/s1. The second-order valence-electron chi connectivity index (χ2n) is 6.25. The first-order chi connectivity index (χ1) is 12.9. The zero-order valence-corrected chi connectivity index (χ0v) is 15.4. The third-order valence-corrected chi connectivity index (χ3v) is 4.64. The van der Waals surface area contributed by atoms with Gasteiger partial charge in [-0.3, -0.25) is 9.59 Å². The van der Waals surface area contributed by atoms with Crippen LogP contribution in [0.3, 0.4) is 0 Å². The number of nitrogens with zero attached hydrogens (tertiary/aromatic N) is 2. The molecule has 142 valence electrons. The Bertz CT molecular complexity index is 849. The molecule has 1 aliphatic heterocycles. The van der Waals surface area contributed by atoms with Crippen molar-refractivity contribution in [1.82, 2.24) is 4.90 Å². The van der Waals surface area contributed by atoms with Crippen LogP contribution in [0.25, 0.3) is 0 Å². The first kappa shape index (κ1) is 18.7. The molecule has 0 bridgehead atoms. The van der Waals surface area contributed by atoms with Crippen molar-refractivity contribution in [3.8, 4) is 11.5 Å². The molecular formula is C20H21FN2O4.